The van der Waals surface area contributed by atoms with Crippen LogP contribution >= 0.6 is 0 Å². The Labute approximate surface area is 187 Å². The van der Waals surface area contributed by atoms with Crippen molar-refractivity contribution in [3.63, 3.8) is 0 Å². The van der Waals surface area contributed by atoms with Gasteiger partial charge in [-0.05, 0) is 61.1 Å². The molecule has 1 amide bonds. The highest BCUT2D eigenvalue weighted by Gasteiger charge is 2.31. The zero-order valence-electron chi connectivity index (χ0n) is 18.1. The Morgan fingerprint density at radius 2 is 1.97 bits per heavy atom. The van der Waals surface area contributed by atoms with Crippen LogP contribution < -0.4 is 10.2 Å². The normalized spacial score (nSPS) is 18.9. The Morgan fingerprint density at radius 3 is 2.66 bits per heavy atom. The number of fused-ring (bicyclic) bond motifs is 1. The molecule has 0 aromatic heterocycles. The second-order valence-electron chi connectivity index (χ2n) is 8.44. The number of anilines is 3. The van der Waals surface area contributed by atoms with Crippen LogP contribution in [0.3, 0.4) is 0 Å². The van der Waals surface area contributed by atoms with Gasteiger partial charge in [-0.25, -0.2) is 8.42 Å². The van der Waals surface area contributed by atoms with Crippen molar-refractivity contribution in [1.29, 1.82) is 0 Å². The van der Waals surface area contributed by atoms with Crippen LogP contribution in [0.4, 0.5) is 22.7 Å². The van der Waals surface area contributed by atoms with Crippen molar-refractivity contribution in [2.75, 3.05) is 29.9 Å². The number of benzene rings is 2. The third-order valence-electron chi connectivity index (χ3n) is 6.06. The molecule has 4 rings (SSSR count). The molecule has 32 heavy (non-hydrogen) atoms. The zero-order valence-corrected chi connectivity index (χ0v) is 18.9. The van der Waals surface area contributed by atoms with Gasteiger partial charge in [0, 0.05) is 44.0 Å². The van der Waals surface area contributed by atoms with E-state index in [4.69, 9.17) is 0 Å². The predicted molar refractivity (Wildman–Crippen MR) is 122 cm³/mol. The maximum absolute atomic E-state index is 13.0. The van der Waals surface area contributed by atoms with Gasteiger partial charge in [-0.3, -0.25) is 14.9 Å². The summed E-state index contributed by atoms with van der Waals surface area (Å²) in [7, 11) is -3.80. The molecule has 1 atom stereocenters. The standard InChI is InChI=1S/C22H26N4O5S/c1-15-4-3-10-24(14-15)32(30,31)19-6-7-20(22(13-19)26(28)29)23-18-5-8-21-17(12-18)9-11-25(21)16(2)27/h5-8,12-13,15,23H,3-4,9-11,14H2,1-2H3. The SMILES string of the molecule is CC(=O)N1CCc2cc(Nc3ccc(S(=O)(=O)N4CCCC(C)C4)cc3[N+](=O)[O-])ccc21. The van der Waals surface area contributed by atoms with Crippen LogP contribution in [0, 0.1) is 16.0 Å². The molecule has 1 saturated heterocycles. The summed E-state index contributed by atoms with van der Waals surface area (Å²) < 4.78 is 27.5. The minimum atomic E-state index is -3.80. The number of hydrogen-bond donors (Lipinski definition) is 1. The highest BCUT2D eigenvalue weighted by Crippen LogP contribution is 2.35. The van der Waals surface area contributed by atoms with Crippen LogP contribution in [0.5, 0.6) is 0 Å². The molecule has 0 spiro atoms. The maximum Gasteiger partial charge on any atom is 0.294 e. The van der Waals surface area contributed by atoms with Gasteiger partial charge in [-0.15, -0.1) is 0 Å². The molecule has 2 aromatic rings. The van der Waals surface area contributed by atoms with Crippen molar-refractivity contribution in [2.45, 2.75) is 38.0 Å². The second-order valence-corrected chi connectivity index (χ2v) is 10.4. The molecule has 1 fully saturated rings. The largest absolute Gasteiger partial charge is 0.350 e. The molecular formula is C22H26N4O5S. The van der Waals surface area contributed by atoms with Crippen molar-refractivity contribution in [3.05, 3.63) is 52.1 Å². The molecule has 2 aliphatic rings. The van der Waals surface area contributed by atoms with Crippen molar-refractivity contribution in [2.24, 2.45) is 5.92 Å². The van der Waals surface area contributed by atoms with E-state index in [9.17, 15) is 23.3 Å². The van der Waals surface area contributed by atoms with E-state index in [1.54, 1.807) is 11.0 Å². The van der Waals surface area contributed by atoms with Gasteiger partial charge in [0.15, 0.2) is 0 Å². The maximum atomic E-state index is 13.0. The van der Waals surface area contributed by atoms with Crippen LogP contribution in [0.15, 0.2) is 41.3 Å². The van der Waals surface area contributed by atoms with Crippen LogP contribution in [-0.2, 0) is 21.2 Å². The average Bonchev–Trinajstić information content (AvgIpc) is 3.17. The first kappa shape index (κ1) is 22.2. The van der Waals surface area contributed by atoms with Gasteiger partial charge >= 0.3 is 0 Å². The molecule has 0 bridgehead atoms. The number of nitrogens with one attached hydrogen (secondary N) is 1. The first-order valence-corrected chi connectivity index (χ1v) is 12.1. The van der Waals surface area contributed by atoms with Gasteiger partial charge in [0.2, 0.25) is 15.9 Å². The lowest BCUT2D eigenvalue weighted by molar-refractivity contribution is -0.384. The number of nitro benzene ring substituents is 1. The summed E-state index contributed by atoms with van der Waals surface area (Å²) in [5.41, 5.74) is 2.36. The highest BCUT2D eigenvalue weighted by atomic mass is 32.2. The van der Waals surface area contributed by atoms with E-state index >= 15 is 0 Å². The molecule has 1 N–H and O–H groups in total. The van der Waals surface area contributed by atoms with Crippen LogP contribution in [0.25, 0.3) is 0 Å². The number of nitrogens with zero attached hydrogens (tertiary/aromatic N) is 3. The average molecular weight is 459 g/mol. The van der Waals surface area contributed by atoms with E-state index in [0.717, 1.165) is 30.2 Å². The minimum Gasteiger partial charge on any atom is -0.350 e. The number of carbonyl (C=O) groups is 1. The van der Waals surface area contributed by atoms with Gasteiger partial charge in [-0.1, -0.05) is 6.92 Å². The van der Waals surface area contributed by atoms with E-state index < -0.39 is 14.9 Å². The molecule has 0 saturated carbocycles. The number of carbonyl (C=O) groups excluding carboxylic acids is 1. The molecule has 10 heteroatoms. The third-order valence-corrected chi connectivity index (χ3v) is 7.92. The Balaban J connectivity index is 1.62. The van der Waals surface area contributed by atoms with E-state index in [2.05, 4.69) is 5.32 Å². The lowest BCUT2D eigenvalue weighted by Gasteiger charge is -2.30. The lowest BCUT2D eigenvalue weighted by Crippen LogP contribution is -2.39. The number of piperidine rings is 1. The number of nitro groups is 1. The van der Waals surface area contributed by atoms with Crippen molar-refractivity contribution < 1.29 is 18.1 Å². The number of rotatable bonds is 5. The van der Waals surface area contributed by atoms with E-state index in [1.165, 1.54) is 23.4 Å². The monoisotopic (exact) mass is 458 g/mol. The molecule has 0 radical (unpaired) electrons. The summed E-state index contributed by atoms with van der Waals surface area (Å²) >= 11 is 0. The van der Waals surface area contributed by atoms with Gasteiger partial charge in [0.25, 0.3) is 5.69 Å². The Morgan fingerprint density at radius 1 is 1.19 bits per heavy atom. The van der Waals surface area contributed by atoms with Gasteiger partial charge in [-0.2, -0.15) is 4.31 Å². The third kappa shape index (κ3) is 4.20. The summed E-state index contributed by atoms with van der Waals surface area (Å²) in [4.78, 5) is 24.5. The number of amides is 1. The molecule has 2 aliphatic heterocycles. The Hall–Kier alpha value is -2.98. The molecular weight excluding hydrogens is 432 g/mol. The molecule has 0 aliphatic carbocycles. The summed E-state index contributed by atoms with van der Waals surface area (Å²) in [6, 6.07) is 9.41. The summed E-state index contributed by atoms with van der Waals surface area (Å²) in [6.45, 7) is 4.97. The van der Waals surface area contributed by atoms with Gasteiger partial charge in [0.05, 0.1) is 9.82 Å². The summed E-state index contributed by atoms with van der Waals surface area (Å²) in [5.74, 6) is 0.230. The smallest absolute Gasteiger partial charge is 0.294 e. The fraction of sp³-hybridized carbons (Fsp3) is 0.409. The van der Waals surface area contributed by atoms with Gasteiger partial charge < -0.3 is 10.2 Å². The molecule has 2 heterocycles. The number of hydrogen-bond acceptors (Lipinski definition) is 6. The number of sulfonamides is 1. The molecule has 170 valence electrons. The molecule has 9 nitrogen and oxygen atoms in total. The zero-order chi connectivity index (χ0) is 23.0. The van der Waals surface area contributed by atoms with Crippen molar-refractivity contribution >= 4 is 38.7 Å². The van der Waals surface area contributed by atoms with Crippen molar-refractivity contribution in [3.8, 4) is 0 Å². The van der Waals surface area contributed by atoms with Crippen LogP contribution in [0.1, 0.15) is 32.3 Å². The molecule has 1 unspecified atom stereocenters. The first-order chi connectivity index (χ1) is 15.2. The topological polar surface area (TPSA) is 113 Å². The molecule has 2 aromatic carbocycles. The lowest BCUT2D eigenvalue weighted by atomic mass is 10.0. The van der Waals surface area contributed by atoms with E-state index in [1.807, 2.05) is 19.1 Å². The highest BCUT2D eigenvalue weighted by molar-refractivity contribution is 7.89. The summed E-state index contributed by atoms with van der Waals surface area (Å²) in [5, 5.41) is 14.8. The predicted octanol–water partition coefficient (Wildman–Crippen LogP) is 3.67. The van der Waals surface area contributed by atoms with Crippen LogP contribution in [-0.4, -0.2) is 43.2 Å². The fourth-order valence-corrected chi connectivity index (χ4v) is 6.02. The van der Waals surface area contributed by atoms with E-state index in [0.29, 0.717) is 31.7 Å². The first-order valence-electron chi connectivity index (χ1n) is 10.6. The van der Waals surface area contributed by atoms with E-state index in [-0.39, 0.29) is 28.1 Å². The second kappa shape index (κ2) is 8.51. The van der Waals surface area contributed by atoms with Gasteiger partial charge in [0.1, 0.15) is 5.69 Å². The quantitative estimate of drug-likeness (QED) is 0.540. The Kier molecular flexibility index (Phi) is 5.91. The Bertz CT molecular complexity index is 1180. The fourth-order valence-electron chi connectivity index (χ4n) is 4.40. The summed E-state index contributed by atoms with van der Waals surface area (Å²) in [6.07, 6.45) is 2.46. The minimum absolute atomic E-state index is 0.0278. The van der Waals surface area contributed by atoms with Crippen LogP contribution in [0.2, 0.25) is 0 Å². The van der Waals surface area contributed by atoms with Crippen molar-refractivity contribution in [1.82, 2.24) is 4.31 Å².